The van der Waals surface area contributed by atoms with Crippen molar-refractivity contribution in [3.63, 3.8) is 0 Å². The third-order valence-corrected chi connectivity index (χ3v) is 2.50. The second kappa shape index (κ2) is 4.30. The maximum Gasteiger partial charge on any atom is -0.0167 e. The Bertz CT molecular complexity index is 234. The highest BCUT2D eigenvalue weighted by atomic mass is 14.1. The molecule has 0 radical (unpaired) electrons. The van der Waals surface area contributed by atoms with Crippen LogP contribution in [0.2, 0.25) is 0 Å². The SMILES string of the molecule is CCC(CC)c1cccc(C)c1. The third-order valence-electron chi connectivity index (χ3n) is 2.50. The molecular formula is C12H18. The summed E-state index contributed by atoms with van der Waals surface area (Å²) in [6.45, 7) is 6.68. The highest BCUT2D eigenvalue weighted by Crippen LogP contribution is 2.23. The van der Waals surface area contributed by atoms with Gasteiger partial charge in [-0.1, -0.05) is 43.7 Å². The van der Waals surface area contributed by atoms with Crippen LogP contribution in [0.1, 0.15) is 43.7 Å². The molecule has 0 spiro atoms. The van der Waals surface area contributed by atoms with Crippen LogP contribution in [0.5, 0.6) is 0 Å². The van der Waals surface area contributed by atoms with Gasteiger partial charge in [-0.15, -0.1) is 0 Å². The van der Waals surface area contributed by atoms with E-state index >= 15 is 0 Å². The summed E-state index contributed by atoms with van der Waals surface area (Å²) < 4.78 is 0. The minimum Gasteiger partial charge on any atom is -0.0648 e. The van der Waals surface area contributed by atoms with Gasteiger partial charge in [-0.25, -0.2) is 0 Å². The van der Waals surface area contributed by atoms with Crippen LogP contribution < -0.4 is 0 Å². The maximum absolute atomic E-state index is 2.30. The normalized spacial score (nSPS) is 10.7. The van der Waals surface area contributed by atoms with Gasteiger partial charge in [0.1, 0.15) is 0 Å². The molecule has 0 heterocycles. The molecule has 0 aliphatic heterocycles. The van der Waals surface area contributed by atoms with Gasteiger partial charge in [-0.3, -0.25) is 0 Å². The van der Waals surface area contributed by atoms with E-state index in [0.717, 1.165) is 5.92 Å². The van der Waals surface area contributed by atoms with Gasteiger partial charge in [0.15, 0.2) is 0 Å². The van der Waals surface area contributed by atoms with E-state index in [0.29, 0.717) is 0 Å². The van der Waals surface area contributed by atoms with Gasteiger partial charge in [-0.05, 0) is 31.2 Å². The van der Waals surface area contributed by atoms with Crippen molar-refractivity contribution in [2.45, 2.75) is 39.5 Å². The summed E-state index contributed by atoms with van der Waals surface area (Å²) in [6.07, 6.45) is 2.50. The fraction of sp³-hybridized carbons (Fsp3) is 0.500. The molecule has 1 aromatic rings. The molecule has 0 bridgehead atoms. The van der Waals surface area contributed by atoms with Crippen molar-refractivity contribution >= 4 is 0 Å². The largest absolute Gasteiger partial charge is 0.0648 e. The Hall–Kier alpha value is -0.780. The van der Waals surface area contributed by atoms with E-state index in [1.807, 2.05) is 0 Å². The number of hydrogen-bond donors (Lipinski definition) is 0. The molecule has 0 heteroatoms. The first-order valence-corrected chi connectivity index (χ1v) is 4.84. The molecule has 12 heavy (non-hydrogen) atoms. The fourth-order valence-electron chi connectivity index (χ4n) is 1.68. The highest BCUT2D eigenvalue weighted by Gasteiger charge is 2.05. The molecule has 0 aliphatic rings. The molecule has 0 N–H and O–H groups in total. The van der Waals surface area contributed by atoms with Crippen LogP contribution >= 0.6 is 0 Å². The van der Waals surface area contributed by atoms with Crippen molar-refractivity contribution in [1.29, 1.82) is 0 Å². The second-order valence-corrected chi connectivity index (χ2v) is 3.43. The van der Waals surface area contributed by atoms with Crippen molar-refractivity contribution < 1.29 is 0 Å². The molecule has 66 valence electrons. The van der Waals surface area contributed by atoms with Crippen LogP contribution in [0, 0.1) is 6.92 Å². The smallest absolute Gasteiger partial charge is 0.0167 e. The van der Waals surface area contributed by atoms with E-state index in [1.165, 1.54) is 24.0 Å². The maximum atomic E-state index is 2.30. The summed E-state index contributed by atoms with van der Waals surface area (Å²) in [5, 5.41) is 0. The van der Waals surface area contributed by atoms with Crippen LogP contribution in [0.25, 0.3) is 0 Å². The van der Waals surface area contributed by atoms with Crippen LogP contribution in [0.15, 0.2) is 24.3 Å². The van der Waals surface area contributed by atoms with Gasteiger partial charge in [0.25, 0.3) is 0 Å². The van der Waals surface area contributed by atoms with Gasteiger partial charge in [-0.2, -0.15) is 0 Å². The minimum absolute atomic E-state index is 0.755. The zero-order valence-corrected chi connectivity index (χ0v) is 8.30. The predicted molar refractivity (Wildman–Crippen MR) is 54.5 cm³/mol. The lowest BCUT2D eigenvalue weighted by Gasteiger charge is -2.12. The Kier molecular flexibility index (Phi) is 3.33. The first kappa shape index (κ1) is 9.31. The zero-order valence-electron chi connectivity index (χ0n) is 8.30. The predicted octanol–water partition coefficient (Wildman–Crippen LogP) is 3.90. The quantitative estimate of drug-likeness (QED) is 0.632. The summed E-state index contributed by atoms with van der Waals surface area (Å²) in [5.74, 6) is 0.755. The molecule has 0 fully saturated rings. The molecule has 0 saturated heterocycles. The van der Waals surface area contributed by atoms with Gasteiger partial charge >= 0.3 is 0 Å². The standard InChI is InChI=1S/C12H18/c1-4-11(5-2)12-8-6-7-10(3)9-12/h6-9,11H,4-5H2,1-3H3. The molecule has 0 saturated carbocycles. The molecule has 0 nitrogen and oxygen atoms in total. The highest BCUT2D eigenvalue weighted by molar-refractivity contribution is 5.25. The lowest BCUT2D eigenvalue weighted by Crippen LogP contribution is -1.94. The third kappa shape index (κ3) is 2.10. The van der Waals surface area contributed by atoms with Crippen molar-refractivity contribution in [1.82, 2.24) is 0 Å². The van der Waals surface area contributed by atoms with Crippen molar-refractivity contribution in [3.05, 3.63) is 35.4 Å². The van der Waals surface area contributed by atoms with E-state index in [1.54, 1.807) is 0 Å². The Labute approximate surface area is 75.6 Å². The molecule has 1 aromatic carbocycles. The topological polar surface area (TPSA) is 0 Å². The monoisotopic (exact) mass is 162 g/mol. The van der Waals surface area contributed by atoms with Crippen molar-refractivity contribution in [2.24, 2.45) is 0 Å². The Balaban J connectivity index is 2.85. The Morgan fingerprint density at radius 2 is 1.83 bits per heavy atom. The first-order valence-electron chi connectivity index (χ1n) is 4.84. The average molecular weight is 162 g/mol. The molecule has 0 aromatic heterocycles. The number of rotatable bonds is 3. The lowest BCUT2D eigenvalue weighted by molar-refractivity contribution is 0.641. The van der Waals surface area contributed by atoms with E-state index in [-0.39, 0.29) is 0 Å². The van der Waals surface area contributed by atoms with Gasteiger partial charge in [0.2, 0.25) is 0 Å². The number of benzene rings is 1. The van der Waals surface area contributed by atoms with Crippen molar-refractivity contribution in [2.75, 3.05) is 0 Å². The first-order chi connectivity index (χ1) is 5.77. The summed E-state index contributed by atoms with van der Waals surface area (Å²) in [7, 11) is 0. The van der Waals surface area contributed by atoms with Crippen molar-refractivity contribution in [3.8, 4) is 0 Å². The van der Waals surface area contributed by atoms with Crippen LogP contribution in [-0.4, -0.2) is 0 Å². The Morgan fingerprint density at radius 3 is 2.33 bits per heavy atom. The molecule has 0 aliphatic carbocycles. The minimum atomic E-state index is 0.755. The zero-order chi connectivity index (χ0) is 8.97. The molecule has 0 amide bonds. The summed E-state index contributed by atoms with van der Waals surface area (Å²) in [6, 6.07) is 8.86. The van der Waals surface area contributed by atoms with Crippen LogP contribution in [-0.2, 0) is 0 Å². The van der Waals surface area contributed by atoms with E-state index < -0.39 is 0 Å². The molecule has 0 unspecified atom stereocenters. The van der Waals surface area contributed by atoms with E-state index in [9.17, 15) is 0 Å². The van der Waals surface area contributed by atoms with Gasteiger partial charge in [0, 0.05) is 0 Å². The van der Waals surface area contributed by atoms with E-state index in [2.05, 4.69) is 45.0 Å². The number of aryl methyl sites for hydroxylation is 1. The summed E-state index contributed by atoms with van der Waals surface area (Å²) in [4.78, 5) is 0. The van der Waals surface area contributed by atoms with E-state index in [4.69, 9.17) is 0 Å². The summed E-state index contributed by atoms with van der Waals surface area (Å²) in [5.41, 5.74) is 2.87. The fourth-order valence-corrected chi connectivity index (χ4v) is 1.68. The lowest BCUT2D eigenvalue weighted by atomic mass is 9.93. The molecule has 0 atom stereocenters. The van der Waals surface area contributed by atoms with Crippen LogP contribution in [0.3, 0.4) is 0 Å². The molecule has 1 rings (SSSR count). The molecular weight excluding hydrogens is 144 g/mol. The van der Waals surface area contributed by atoms with Crippen LogP contribution in [0.4, 0.5) is 0 Å². The Morgan fingerprint density at radius 1 is 1.17 bits per heavy atom. The number of hydrogen-bond acceptors (Lipinski definition) is 0. The van der Waals surface area contributed by atoms with Gasteiger partial charge in [0.05, 0.1) is 0 Å². The second-order valence-electron chi connectivity index (χ2n) is 3.43. The van der Waals surface area contributed by atoms with Gasteiger partial charge < -0.3 is 0 Å². The summed E-state index contributed by atoms with van der Waals surface area (Å²) >= 11 is 0. The average Bonchev–Trinajstić information content (AvgIpc) is 2.07.